The smallest absolute Gasteiger partial charge is 0.440 e. The van der Waals surface area contributed by atoms with E-state index in [1.54, 1.807) is 0 Å². The average molecular weight is 536 g/mol. The molecule has 1 fully saturated rings. The van der Waals surface area contributed by atoms with Gasteiger partial charge in [0.25, 0.3) is 0 Å². The fourth-order valence-electron chi connectivity index (χ4n) is 6.06. The van der Waals surface area contributed by atoms with Crippen LogP contribution in [0.25, 0.3) is 22.1 Å². The summed E-state index contributed by atoms with van der Waals surface area (Å²) in [6.45, 7) is 12.8. The standard InChI is InChI=1S/C33H37BN2O4/c1-20-16-26(31-27(17-20)30(37)21(2)32(40-31)36-14-12-33(4,5)13-15-36)22(3)35-29-9-7-6-8-25(29)23-10-11-28-24(18-23)19-39-34(28)38/h6-11,16-18,22,35,38H,12-15,19H2,1-5H3. The van der Waals surface area contributed by atoms with Gasteiger partial charge in [-0.25, -0.2) is 0 Å². The molecule has 1 atom stereocenters. The van der Waals surface area contributed by atoms with Gasteiger partial charge in [-0.15, -0.1) is 0 Å². The van der Waals surface area contributed by atoms with Crippen molar-refractivity contribution in [3.8, 4) is 11.1 Å². The zero-order valence-corrected chi connectivity index (χ0v) is 24.0. The number of para-hydroxylation sites is 1. The van der Waals surface area contributed by atoms with E-state index >= 15 is 0 Å². The lowest BCUT2D eigenvalue weighted by molar-refractivity contribution is 0.274. The molecule has 6 rings (SSSR count). The number of anilines is 2. The van der Waals surface area contributed by atoms with E-state index in [-0.39, 0.29) is 11.5 Å². The predicted molar refractivity (Wildman–Crippen MR) is 163 cm³/mol. The summed E-state index contributed by atoms with van der Waals surface area (Å²) in [6.07, 6.45) is 2.13. The first-order valence-corrected chi connectivity index (χ1v) is 14.2. The van der Waals surface area contributed by atoms with Gasteiger partial charge in [0.1, 0.15) is 5.58 Å². The summed E-state index contributed by atoms with van der Waals surface area (Å²) in [7, 11) is -0.855. The molecule has 1 aromatic heterocycles. The number of rotatable bonds is 5. The van der Waals surface area contributed by atoms with E-state index in [4.69, 9.17) is 9.07 Å². The van der Waals surface area contributed by atoms with Crippen LogP contribution >= 0.6 is 0 Å². The Bertz CT molecular complexity index is 1650. The summed E-state index contributed by atoms with van der Waals surface area (Å²) in [5.41, 5.74) is 8.60. The van der Waals surface area contributed by atoms with Crippen LogP contribution in [-0.2, 0) is 11.3 Å². The van der Waals surface area contributed by atoms with Crippen LogP contribution in [-0.4, -0.2) is 25.2 Å². The molecular formula is C33H37BN2O4. The number of hydrogen-bond donors (Lipinski definition) is 2. The fourth-order valence-corrected chi connectivity index (χ4v) is 6.06. The Morgan fingerprint density at radius 3 is 2.58 bits per heavy atom. The maximum atomic E-state index is 13.6. The van der Waals surface area contributed by atoms with E-state index in [1.807, 2.05) is 44.2 Å². The van der Waals surface area contributed by atoms with Gasteiger partial charge in [-0.05, 0) is 79.4 Å². The van der Waals surface area contributed by atoms with Crippen LogP contribution in [0, 0.1) is 19.3 Å². The van der Waals surface area contributed by atoms with Gasteiger partial charge in [0.2, 0.25) is 5.88 Å². The zero-order valence-electron chi connectivity index (χ0n) is 24.0. The highest BCUT2D eigenvalue weighted by Crippen LogP contribution is 2.37. The van der Waals surface area contributed by atoms with E-state index in [9.17, 15) is 9.82 Å². The molecule has 1 saturated heterocycles. The Hall–Kier alpha value is -3.55. The normalized spacial score (nSPS) is 17.2. The lowest BCUT2D eigenvalue weighted by Crippen LogP contribution is -2.38. The van der Waals surface area contributed by atoms with E-state index < -0.39 is 7.12 Å². The van der Waals surface area contributed by atoms with Crippen molar-refractivity contribution in [2.75, 3.05) is 23.3 Å². The first-order valence-electron chi connectivity index (χ1n) is 14.2. The third-order valence-electron chi connectivity index (χ3n) is 8.65. The molecule has 2 aliphatic rings. The van der Waals surface area contributed by atoms with Crippen molar-refractivity contribution in [3.63, 3.8) is 0 Å². The van der Waals surface area contributed by atoms with Gasteiger partial charge in [0, 0.05) is 29.9 Å². The van der Waals surface area contributed by atoms with Gasteiger partial charge in [0.15, 0.2) is 5.43 Å². The Morgan fingerprint density at radius 1 is 1.05 bits per heavy atom. The topological polar surface area (TPSA) is 74.9 Å². The molecular weight excluding hydrogens is 499 g/mol. The zero-order chi connectivity index (χ0) is 28.2. The summed E-state index contributed by atoms with van der Waals surface area (Å²) in [5, 5.41) is 14.4. The van der Waals surface area contributed by atoms with Gasteiger partial charge in [0.05, 0.1) is 23.6 Å². The minimum atomic E-state index is -0.855. The van der Waals surface area contributed by atoms with Crippen molar-refractivity contribution in [1.82, 2.24) is 0 Å². The van der Waals surface area contributed by atoms with Crippen molar-refractivity contribution in [1.29, 1.82) is 0 Å². The van der Waals surface area contributed by atoms with Crippen LogP contribution < -0.4 is 21.1 Å². The third-order valence-corrected chi connectivity index (χ3v) is 8.65. The van der Waals surface area contributed by atoms with Crippen molar-refractivity contribution >= 4 is 35.1 Å². The molecule has 0 amide bonds. The second-order valence-corrected chi connectivity index (χ2v) is 12.2. The molecule has 0 bridgehead atoms. The molecule has 3 aromatic carbocycles. The molecule has 6 nitrogen and oxygen atoms in total. The minimum Gasteiger partial charge on any atom is -0.440 e. The van der Waals surface area contributed by atoms with Crippen LogP contribution in [0.2, 0.25) is 0 Å². The summed E-state index contributed by atoms with van der Waals surface area (Å²) in [5.74, 6) is 0.702. The second-order valence-electron chi connectivity index (χ2n) is 12.2. The number of aryl methyl sites for hydroxylation is 1. The van der Waals surface area contributed by atoms with Gasteiger partial charge >= 0.3 is 7.12 Å². The van der Waals surface area contributed by atoms with Crippen LogP contribution in [0.1, 0.15) is 61.9 Å². The van der Waals surface area contributed by atoms with Gasteiger partial charge in [-0.2, -0.15) is 0 Å². The number of fused-ring (bicyclic) bond motifs is 2. The molecule has 1 unspecified atom stereocenters. The Morgan fingerprint density at radius 2 is 1.80 bits per heavy atom. The van der Waals surface area contributed by atoms with Crippen molar-refractivity contribution < 1.29 is 14.1 Å². The third kappa shape index (κ3) is 4.82. The Balaban J connectivity index is 1.38. The Labute approximate surface area is 236 Å². The van der Waals surface area contributed by atoms with Gasteiger partial charge < -0.3 is 24.3 Å². The second kappa shape index (κ2) is 10.1. The first kappa shape index (κ1) is 26.7. The molecule has 7 heteroatoms. The molecule has 40 heavy (non-hydrogen) atoms. The summed E-state index contributed by atoms with van der Waals surface area (Å²) in [4.78, 5) is 15.9. The number of benzene rings is 3. The van der Waals surface area contributed by atoms with Crippen molar-refractivity contribution in [2.24, 2.45) is 5.41 Å². The SMILES string of the molecule is Cc1cc(C(C)Nc2ccccc2-c2ccc3c(c2)COB3O)c2oc(N3CCC(C)(C)CC3)c(C)c(=O)c2c1. The molecule has 0 radical (unpaired) electrons. The average Bonchev–Trinajstić information content (AvgIpc) is 3.31. The van der Waals surface area contributed by atoms with E-state index in [2.05, 4.69) is 55.3 Å². The summed E-state index contributed by atoms with van der Waals surface area (Å²) in [6, 6.07) is 18.2. The molecule has 0 saturated carbocycles. The highest BCUT2D eigenvalue weighted by molar-refractivity contribution is 6.61. The molecule has 4 aromatic rings. The minimum absolute atomic E-state index is 0.0428. The quantitative estimate of drug-likeness (QED) is 0.301. The highest BCUT2D eigenvalue weighted by Gasteiger charge is 2.29. The molecule has 0 aliphatic carbocycles. The summed E-state index contributed by atoms with van der Waals surface area (Å²) < 4.78 is 12.1. The number of hydrogen-bond acceptors (Lipinski definition) is 6. The lowest BCUT2D eigenvalue weighted by atomic mass is 9.79. The maximum absolute atomic E-state index is 13.6. The number of piperidine rings is 1. The number of nitrogens with zero attached hydrogens (tertiary/aromatic N) is 1. The van der Waals surface area contributed by atoms with Gasteiger partial charge in [-0.3, -0.25) is 4.79 Å². The monoisotopic (exact) mass is 536 g/mol. The molecule has 3 heterocycles. The largest absolute Gasteiger partial charge is 0.491 e. The molecule has 2 N–H and O–H groups in total. The predicted octanol–water partition coefficient (Wildman–Crippen LogP) is 6.09. The van der Waals surface area contributed by atoms with E-state index in [1.165, 1.54) is 0 Å². The molecule has 2 aliphatic heterocycles. The number of nitrogens with one attached hydrogen (secondary N) is 1. The van der Waals surface area contributed by atoms with Crippen LogP contribution in [0.3, 0.4) is 0 Å². The first-order chi connectivity index (χ1) is 19.1. The van der Waals surface area contributed by atoms with Crippen molar-refractivity contribution in [2.45, 2.75) is 60.1 Å². The summed E-state index contributed by atoms with van der Waals surface area (Å²) >= 11 is 0. The van der Waals surface area contributed by atoms with E-state index in [0.717, 1.165) is 64.9 Å². The van der Waals surface area contributed by atoms with E-state index in [0.29, 0.717) is 34.4 Å². The van der Waals surface area contributed by atoms with Crippen molar-refractivity contribution in [3.05, 3.63) is 87.1 Å². The Kier molecular flexibility index (Phi) is 6.75. The highest BCUT2D eigenvalue weighted by atomic mass is 16.5. The fraction of sp³-hybridized carbons (Fsp3) is 0.364. The van der Waals surface area contributed by atoms with Crippen LogP contribution in [0.4, 0.5) is 11.6 Å². The maximum Gasteiger partial charge on any atom is 0.491 e. The van der Waals surface area contributed by atoms with Gasteiger partial charge in [-0.1, -0.05) is 50.2 Å². The van der Waals surface area contributed by atoms with Crippen LogP contribution in [0.5, 0.6) is 0 Å². The molecule has 206 valence electrons. The lowest BCUT2D eigenvalue weighted by Gasteiger charge is -2.37. The molecule has 0 spiro atoms. The van der Waals surface area contributed by atoms with Crippen LogP contribution in [0.15, 0.2) is 63.8 Å².